The summed E-state index contributed by atoms with van der Waals surface area (Å²) in [6, 6.07) is 18.3. The van der Waals surface area contributed by atoms with Crippen LogP contribution in [-0.4, -0.2) is 79.2 Å². The number of imidazole rings is 2. The number of hydrogen-bond acceptors (Lipinski definition) is 7. The smallest absolute Gasteiger partial charge is 0.411 e. The molecule has 4 heterocycles. The molecule has 0 spiro atoms. The largest absolute Gasteiger partial charge is 0.453 e. The second-order valence-corrected chi connectivity index (χ2v) is 16.4. The second kappa shape index (κ2) is 13.8. The SMILES string of the molecule is COC(=O)NC(C(=O)N1CCC[C@H]1c1ncc(-c2ccc(-c3ccc4c(ccc5nc([C@@H]6[C@H]7CC[C@H](C7)N6C(=O)OC(C)(C)C)[nH]c54)c3)cc2)[nH]1)C(C)C. The Morgan fingerprint density at radius 3 is 2.43 bits per heavy atom. The molecule has 8 rings (SSSR count). The van der Waals surface area contributed by atoms with E-state index in [1.54, 1.807) is 0 Å². The number of nitrogens with one attached hydrogen (secondary N) is 3. The van der Waals surface area contributed by atoms with Crippen molar-refractivity contribution in [1.29, 1.82) is 0 Å². The summed E-state index contributed by atoms with van der Waals surface area (Å²) in [5.41, 5.74) is 5.38. The van der Waals surface area contributed by atoms with Gasteiger partial charge in [-0.1, -0.05) is 56.3 Å². The van der Waals surface area contributed by atoms with Gasteiger partial charge in [-0.3, -0.25) is 9.69 Å². The molecule has 0 radical (unpaired) electrons. The lowest BCUT2D eigenvalue weighted by atomic mass is 9.98. The number of benzene rings is 3. The fourth-order valence-corrected chi connectivity index (χ4v) is 8.75. The molecule has 5 aromatic rings. The molecule has 5 atom stereocenters. The van der Waals surface area contributed by atoms with Gasteiger partial charge < -0.3 is 29.7 Å². The molecule has 12 heteroatoms. The number of rotatable bonds is 7. The molecule has 2 aliphatic heterocycles. The highest BCUT2D eigenvalue weighted by Gasteiger charge is 2.51. The molecule has 1 aliphatic carbocycles. The number of piperidine rings is 1. The average Bonchev–Trinajstić information content (AvgIpc) is 3.99. The zero-order chi connectivity index (χ0) is 37.9. The van der Waals surface area contributed by atoms with E-state index >= 15 is 0 Å². The standard InChI is InChI=1S/C42H49N7O5/c1-23(2)34(47-40(51)53-6)39(50)48-19-7-8-33(48)37-43-22-32(45-37)25-11-9-24(10-12-25)26-14-17-30-27(20-26)15-18-31-35(30)46-38(44-31)36-28-13-16-29(21-28)49(36)41(52)54-42(3,4)5/h9-12,14-15,17-18,20,22-23,28-29,33-34,36H,7-8,13,16,19,21H2,1-6H3,(H,43,45)(H,44,46)(H,47,51)/t28-,29+,33-,34?,36-/m0/s1. The van der Waals surface area contributed by atoms with E-state index in [9.17, 15) is 14.4 Å². The fraction of sp³-hybridized carbons (Fsp3) is 0.452. The predicted octanol–water partition coefficient (Wildman–Crippen LogP) is 8.28. The zero-order valence-electron chi connectivity index (χ0n) is 31.8. The van der Waals surface area contributed by atoms with Crippen LogP contribution in [0.3, 0.4) is 0 Å². The van der Waals surface area contributed by atoms with Crippen molar-refractivity contribution in [2.45, 2.75) is 96.5 Å². The number of likely N-dealkylation sites (tertiary alicyclic amines) is 2. The van der Waals surface area contributed by atoms with E-state index in [4.69, 9.17) is 19.4 Å². The van der Waals surface area contributed by atoms with Crippen LogP contribution in [0.5, 0.6) is 0 Å². The van der Waals surface area contributed by atoms with E-state index in [-0.39, 0.29) is 36.0 Å². The van der Waals surface area contributed by atoms with Crippen LogP contribution in [0.25, 0.3) is 44.2 Å². The normalized spacial score (nSPS) is 21.7. The third-order valence-electron chi connectivity index (χ3n) is 11.3. The number of methoxy groups -OCH3 is 1. The van der Waals surface area contributed by atoms with Crippen molar-refractivity contribution in [2.24, 2.45) is 11.8 Å². The average molecular weight is 732 g/mol. The van der Waals surface area contributed by atoms with Crippen LogP contribution < -0.4 is 5.32 Å². The number of ether oxygens (including phenoxy) is 2. The van der Waals surface area contributed by atoms with Crippen LogP contribution in [0.1, 0.15) is 90.5 Å². The lowest BCUT2D eigenvalue weighted by molar-refractivity contribution is -0.135. The van der Waals surface area contributed by atoms with Crippen molar-refractivity contribution in [1.82, 2.24) is 35.1 Å². The van der Waals surface area contributed by atoms with E-state index in [0.29, 0.717) is 12.5 Å². The first-order valence-electron chi connectivity index (χ1n) is 19.1. The summed E-state index contributed by atoms with van der Waals surface area (Å²) < 4.78 is 10.6. The van der Waals surface area contributed by atoms with Gasteiger partial charge in [-0.25, -0.2) is 19.6 Å². The number of carbonyl (C=O) groups excluding carboxylic acids is 3. The van der Waals surface area contributed by atoms with E-state index in [1.165, 1.54) is 7.11 Å². The maximum atomic E-state index is 13.6. The Morgan fingerprint density at radius 1 is 0.926 bits per heavy atom. The molecule has 282 valence electrons. The van der Waals surface area contributed by atoms with Crippen LogP contribution in [0, 0.1) is 11.8 Å². The number of fused-ring (bicyclic) bond motifs is 5. The number of amides is 3. The molecule has 2 saturated heterocycles. The Bertz CT molecular complexity index is 2220. The highest BCUT2D eigenvalue weighted by molar-refractivity contribution is 6.05. The van der Waals surface area contributed by atoms with E-state index in [2.05, 4.69) is 69.9 Å². The summed E-state index contributed by atoms with van der Waals surface area (Å²) in [5.74, 6) is 1.72. The van der Waals surface area contributed by atoms with Gasteiger partial charge >= 0.3 is 12.2 Å². The summed E-state index contributed by atoms with van der Waals surface area (Å²) in [6.45, 7) is 10.2. The van der Waals surface area contributed by atoms with E-state index in [1.807, 2.05) is 50.6 Å². The van der Waals surface area contributed by atoms with Crippen molar-refractivity contribution in [3.8, 4) is 22.4 Å². The molecule has 2 aromatic heterocycles. The van der Waals surface area contributed by atoms with Crippen molar-refractivity contribution >= 4 is 39.9 Å². The molecule has 3 aliphatic rings. The lowest BCUT2D eigenvalue weighted by Crippen LogP contribution is -2.51. The quantitative estimate of drug-likeness (QED) is 0.153. The summed E-state index contributed by atoms with van der Waals surface area (Å²) in [4.78, 5) is 59.4. The minimum Gasteiger partial charge on any atom is -0.453 e. The maximum Gasteiger partial charge on any atom is 0.411 e. The minimum absolute atomic E-state index is 0.0964. The molecule has 2 bridgehead atoms. The number of aromatic nitrogens is 4. The third kappa shape index (κ3) is 6.56. The Labute approximate surface area is 315 Å². The molecule has 3 aromatic carbocycles. The highest BCUT2D eigenvalue weighted by Crippen LogP contribution is 2.50. The number of carbonyl (C=O) groups is 3. The molecular weight excluding hydrogens is 683 g/mol. The second-order valence-electron chi connectivity index (χ2n) is 16.4. The van der Waals surface area contributed by atoms with E-state index < -0.39 is 17.7 Å². The number of aromatic amines is 2. The van der Waals surface area contributed by atoms with Crippen molar-refractivity contribution in [3.05, 3.63) is 72.4 Å². The monoisotopic (exact) mass is 731 g/mol. The summed E-state index contributed by atoms with van der Waals surface area (Å²) in [5, 5.41) is 4.90. The number of alkyl carbamates (subject to hydrolysis) is 1. The first-order chi connectivity index (χ1) is 25.9. The molecule has 3 amide bonds. The summed E-state index contributed by atoms with van der Waals surface area (Å²) >= 11 is 0. The first-order valence-corrected chi connectivity index (χ1v) is 19.1. The van der Waals surface area contributed by atoms with Gasteiger partial charge in [0.2, 0.25) is 5.91 Å². The molecule has 54 heavy (non-hydrogen) atoms. The van der Waals surface area contributed by atoms with Gasteiger partial charge in [-0.2, -0.15) is 0 Å². The molecule has 12 nitrogen and oxygen atoms in total. The van der Waals surface area contributed by atoms with Gasteiger partial charge in [0, 0.05) is 18.0 Å². The van der Waals surface area contributed by atoms with Crippen molar-refractivity contribution in [2.75, 3.05) is 13.7 Å². The molecule has 3 N–H and O–H groups in total. The van der Waals surface area contributed by atoms with Crippen molar-refractivity contribution in [3.63, 3.8) is 0 Å². The summed E-state index contributed by atoms with van der Waals surface area (Å²) in [7, 11) is 1.30. The Balaban J connectivity index is 0.999. The van der Waals surface area contributed by atoms with Gasteiger partial charge in [-0.15, -0.1) is 0 Å². The zero-order valence-corrected chi connectivity index (χ0v) is 31.8. The van der Waals surface area contributed by atoms with Crippen molar-refractivity contribution < 1.29 is 23.9 Å². The third-order valence-corrected chi connectivity index (χ3v) is 11.3. The van der Waals surface area contributed by atoms with Gasteiger partial charge in [0.05, 0.1) is 42.1 Å². The Hall–Kier alpha value is -5.39. The van der Waals surface area contributed by atoms with Crippen LogP contribution in [0.2, 0.25) is 0 Å². The molecule has 1 saturated carbocycles. The number of hydrogen-bond donors (Lipinski definition) is 3. The first kappa shape index (κ1) is 35.6. The van der Waals surface area contributed by atoms with Gasteiger partial charge in [0.15, 0.2) is 0 Å². The van der Waals surface area contributed by atoms with Crippen LogP contribution >= 0.6 is 0 Å². The Kier molecular flexibility index (Phi) is 9.10. The van der Waals surface area contributed by atoms with Gasteiger partial charge in [-0.05, 0) is 98.9 Å². The number of H-pyrrole nitrogens is 2. The summed E-state index contributed by atoms with van der Waals surface area (Å²) in [6.07, 6.45) is 5.69. The predicted molar refractivity (Wildman–Crippen MR) is 206 cm³/mol. The Morgan fingerprint density at radius 2 is 1.69 bits per heavy atom. The van der Waals surface area contributed by atoms with Gasteiger partial charge in [0.1, 0.15) is 23.3 Å². The van der Waals surface area contributed by atoms with E-state index in [0.717, 1.165) is 87.9 Å². The van der Waals surface area contributed by atoms with Crippen LogP contribution in [0.4, 0.5) is 9.59 Å². The molecular formula is C42H49N7O5. The topological polar surface area (TPSA) is 146 Å². The minimum atomic E-state index is -0.679. The molecule has 1 unspecified atom stereocenters. The van der Waals surface area contributed by atoms with Gasteiger partial charge in [0.25, 0.3) is 0 Å². The molecule has 3 fully saturated rings. The van der Waals surface area contributed by atoms with Crippen LogP contribution in [0.15, 0.2) is 60.8 Å². The maximum absolute atomic E-state index is 13.6. The lowest BCUT2D eigenvalue weighted by Gasteiger charge is -2.35. The van der Waals surface area contributed by atoms with Crippen LogP contribution in [-0.2, 0) is 14.3 Å². The highest BCUT2D eigenvalue weighted by atomic mass is 16.6. The number of nitrogens with zero attached hydrogens (tertiary/aromatic N) is 4. The fourth-order valence-electron chi connectivity index (χ4n) is 8.75.